The molecule has 0 aliphatic heterocycles. The first-order chi connectivity index (χ1) is 6.79. The zero-order chi connectivity index (χ0) is 9.71. The van der Waals surface area contributed by atoms with E-state index in [4.69, 9.17) is 11.5 Å². The molecule has 0 amide bonds. The number of hydrogen-bond acceptors (Lipinski definition) is 2. The lowest BCUT2D eigenvalue weighted by Crippen LogP contribution is -2.21. The summed E-state index contributed by atoms with van der Waals surface area (Å²) in [7, 11) is 0. The molecule has 0 fully saturated rings. The lowest BCUT2D eigenvalue weighted by Gasteiger charge is -2.10. The average Bonchev–Trinajstić information content (AvgIpc) is 2.47. The van der Waals surface area contributed by atoms with Crippen molar-refractivity contribution >= 4 is 10.8 Å². The fourth-order valence-electron chi connectivity index (χ4n) is 2.34. The van der Waals surface area contributed by atoms with Gasteiger partial charge in [-0.3, -0.25) is 0 Å². The van der Waals surface area contributed by atoms with Crippen LogP contribution in [0.25, 0.3) is 10.8 Å². The van der Waals surface area contributed by atoms with Gasteiger partial charge < -0.3 is 11.5 Å². The van der Waals surface area contributed by atoms with Crippen LogP contribution < -0.4 is 11.5 Å². The highest BCUT2D eigenvalue weighted by Gasteiger charge is 2.28. The standard InChI is InChI=1S/C12H12N2/c13-11-8-5-1-3-7-4-2-6-9(10(7)8)12(11)14/h1-6,11-12H,13-14H2. The third-order valence-electron chi connectivity index (χ3n) is 3.07. The van der Waals surface area contributed by atoms with Crippen LogP contribution in [-0.4, -0.2) is 0 Å². The maximum Gasteiger partial charge on any atom is 0.0497 e. The van der Waals surface area contributed by atoms with Gasteiger partial charge in [-0.15, -0.1) is 0 Å². The summed E-state index contributed by atoms with van der Waals surface area (Å²) in [5, 5.41) is 2.50. The van der Waals surface area contributed by atoms with Crippen LogP contribution in [0, 0.1) is 0 Å². The maximum absolute atomic E-state index is 6.06. The van der Waals surface area contributed by atoms with Crippen LogP contribution in [0.15, 0.2) is 36.4 Å². The fraction of sp³-hybridized carbons (Fsp3) is 0.167. The fourth-order valence-corrected chi connectivity index (χ4v) is 2.34. The smallest absolute Gasteiger partial charge is 0.0497 e. The van der Waals surface area contributed by atoms with Crippen LogP contribution in [0.4, 0.5) is 0 Å². The molecule has 3 rings (SSSR count). The third kappa shape index (κ3) is 0.820. The summed E-state index contributed by atoms with van der Waals surface area (Å²) in [6.45, 7) is 0. The monoisotopic (exact) mass is 184 g/mol. The molecule has 2 atom stereocenters. The summed E-state index contributed by atoms with van der Waals surface area (Å²) in [6, 6.07) is 12.3. The molecule has 2 heteroatoms. The number of rotatable bonds is 0. The summed E-state index contributed by atoms with van der Waals surface area (Å²) < 4.78 is 0. The predicted molar refractivity (Wildman–Crippen MR) is 57.8 cm³/mol. The van der Waals surface area contributed by atoms with Gasteiger partial charge in [0.1, 0.15) is 0 Å². The van der Waals surface area contributed by atoms with E-state index in [1.54, 1.807) is 0 Å². The summed E-state index contributed by atoms with van der Waals surface area (Å²) in [6.07, 6.45) is 0. The van der Waals surface area contributed by atoms with E-state index in [-0.39, 0.29) is 12.1 Å². The summed E-state index contributed by atoms with van der Waals surface area (Å²) in [4.78, 5) is 0. The highest BCUT2D eigenvalue weighted by Crippen LogP contribution is 2.40. The van der Waals surface area contributed by atoms with Crippen LogP contribution in [0.3, 0.4) is 0 Å². The molecule has 2 unspecified atom stereocenters. The lowest BCUT2D eigenvalue weighted by atomic mass is 10.1. The van der Waals surface area contributed by atoms with E-state index < -0.39 is 0 Å². The number of nitrogens with two attached hydrogens (primary N) is 2. The molecule has 0 saturated carbocycles. The van der Waals surface area contributed by atoms with Crippen molar-refractivity contribution in [2.24, 2.45) is 11.5 Å². The Morgan fingerprint density at radius 2 is 1.29 bits per heavy atom. The van der Waals surface area contributed by atoms with Crippen LogP contribution in [-0.2, 0) is 0 Å². The van der Waals surface area contributed by atoms with Crippen LogP contribution in [0.5, 0.6) is 0 Å². The quantitative estimate of drug-likeness (QED) is 0.656. The second-order valence-electron chi connectivity index (χ2n) is 3.84. The Kier molecular flexibility index (Phi) is 1.46. The van der Waals surface area contributed by atoms with Crippen molar-refractivity contribution in [3.05, 3.63) is 47.5 Å². The molecule has 0 heterocycles. The first kappa shape index (κ1) is 7.97. The Morgan fingerprint density at radius 1 is 0.786 bits per heavy atom. The van der Waals surface area contributed by atoms with Crippen molar-refractivity contribution in [3.8, 4) is 0 Å². The van der Waals surface area contributed by atoms with E-state index in [1.165, 1.54) is 21.9 Å². The Labute approximate surface area is 82.5 Å². The van der Waals surface area contributed by atoms with Gasteiger partial charge in [-0.25, -0.2) is 0 Å². The minimum atomic E-state index is -0.0453. The molecule has 70 valence electrons. The molecule has 0 aromatic heterocycles. The minimum Gasteiger partial charge on any atom is -0.322 e. The molecule has 2 aromatic rings. The zero-order valence-electron chi connectivity index (χ0n) is 7.77. The van der Waals surface area contributed by atoms with E-state index in [9.17, 15) is 0 Å². The van der Waals surface area contributed by atoms with Crippen LogP contribution in [0.1, 0.15) is 23.2 Å². The van der Waals surface area contributed by atoms with E-state index in [0.717, 1.165) is 0 Å². The first-order valence-electron chi connectivity index (χ1n) is 4.82. The molecule has 0 bridgehead atoms. The van der Waals surface area contributed by atoms with Gasteiger partial charge in [0.2, 0.25) is 0 Å². The minimum absolute atomic E-state index is 0.0453. The number of hydrogen-bond donors (Lipinski definition) is 2. The van der Waals surface area contributed by atoms with E-state index in [1.807, 2.05) is 12.1 Å². The summed E-state index contributed by atoms with van der Waals surface area (Å²) in [5.41, 5.74) is 14.5. The topological polar surface area (TPSA) is 52.0 Å². The first-order valence-corrected chi connectivity index (χ1v) is 4.82. The van der Waals surface area contributed by atoms with Gasteiger partial charge >= 0.3 is 0 Å². The normalized spacial score (nSPS) is 24.4. The largest absolute Gasteiger partial charge is 0.322 e. The summed E-state index contributed by atoms with van der Waals surface area (Å²) >= 11 is 0. The average molecular weight is 184 g/mol. The molecule has 1 aliphatic carbocycles. The maximum atomic E-state index is 6.06. The van der Waals surface area contributed by atoms with Crippen LogP contribution in [0.2, 0.25) is 0 Å². The molecular weight excluding hydrogens is 172 g/mol. The molecule has 1 aliphatic rings. The Morgan fingerprint density at radius 3 is 1.79 bits per heavy atom. The highest BCUT2D eigenvalue weighted by atomic mass is 14.8. The van der Waals surface area contributed by atoms with Gasteiger partial charge in [0.25, 0.3) is 0 Å². The molecule has 0 radical (unpaired) electrons. The summed E-state index contributed by atoms with van der Waals surface area (Å²) in [5.74, 6) is 0. The second-order valence-corrected chi connectivity index (χ2v) is 3.84. The second kappa shape index (κ2) is 2.56. The van der Waals surface area contributed by atoms with Gasteiger partial charge in [0, 0.05) is 12.1 Å². The van der Waals surface area contributed by atoms with Crippen molar-refractivity contribution in [3.63, 3.8) is 0 Å². The van der Waals surface area contributed by atoms with Crippen molar-refractivity contribution < 1.29 is 0 Å². The van der Waals surface area contributed by atoms with Crippen LogP contribution >= 0.6 is 0 Å². The van der Waals surface area contributed by atoms with Gasteiger partial charge in [-0.1, -0.05) is 36.4 Å². The Balaban J connectivity index is 2.49. The number of benzene rings is 2. The van der Waals surface area contributed by atoms with Gasteiger partial charge in [0.15, 0.2) is 0 Å². The molecule has 2 aromatic carbocycles. The van der Waals surface area contributed by atoms with Gasteiger partial charge in [0.05, 0.1) is 0 Å². The zero-order valence-corrected chi connectivity index (χ0v) is 7.77. The molecular formula is C12H12N2. The SMILES string of the molecule is NC1c2cccc3cccc(c23)C1N. The van der Waals surface area contributed by atoms with Crippen molar-refractivity contribution in [2.45, 2.75) is 12.1 Å². The molecule has 0 saturated heterocycles. The Bertz CT molecular complexity index is 462. The van der Waals surface area contributed by atoms with Crippen molar-refractivity contribution in [1.82, 2.24) is 0 Å². The molecule has 14 heavy (non-hydrogen) atoms. The predicted octanol–water partition coefficient (Wildman–Crippen LogP) is 1.85. The van der Waals surface area contributed by atoms with E-state index in [0.29, 0.717) is 0 Å². The van der Waals surface area contributed by atoms with Gasteiger partial charge in [-0.05, 0) is 21.9 Å². The molecule has 0 spiro atoms. The third-order valence-corrected chi connectivity index (χ3v) is 3.07. The van der Waals surface area contributed by atoms with E-state index in [2.05, 4.69) is 24.3 Å². The van der Waals surface area contributed by atoms with E-state index >= 15 is 0 Å². The lowest BCUT2D eigenvalue weighted by molar-refractivity contribution is 0.602. The molecule has 2 nitrogen and oxygen atoms in total. The molecule has 4 N–H and O–H groups in total. The highest BCUT2D eigenvalue weighted by molar-refractivity contribution is 5.92. The Hall–Kier alpha value is -1.38. The van der Waals surface area contributed by atoms with Crippen molar-refractivity contribution in [2.75, 3.05) is 0 Å². The van der Waals surface area contributed by atoms with Gasteiger partial charge in [-0.2, -0.15) is 0 Å². The van der Waals surface area contributed by atoms with Crippen molar-refractivity contribution in [1.29, 1.82) is 0 Å².